The van der Waals surface area contributed by atoms with Gasteiger partial charge in [0, 0.05) is 16.8 Å². The molecule has 2 fully saturated rings. The Balaban J connectivity index is 1.82. The molecule has 0 spiro atoms. The van der Waals surface area contributed by atoms with Crippen molar-refractivity contribution in [3.05, 3.63) is 41.4 Å². The van der Waals surface area contributed by atoms with Gasteiger partial charge < -0.3 is 14.8 Å². The van der Waals surface area contributed by atoms with Gasteiger partial charge in [-0.3, -0.25) is 13.9 Å². The van der Waals surface area contributed by atoms with Gasteiger partial charge in [0.15, 0.2) is 0 Å². The number of rotatable bonds is 7. The molecule has 35 heavy (non-hydrogen) atoms. The Morgan fingerprint density at radius 2 is 1.86 bits per heavy atom. The van der Waals surface area contributed by atoms with Gasteiger partial charge in [-0.25, -0.2) is 9.59 Å². The number of benzene rings is 1. The number of nitrogens with zero attached hydrogens (tertiary/aromatic N) is 1. The maximum absolute atomic E-state index is 13.3. The minimum absolute atomic E-state index is 0.0612. The molecule has 4 atom stereocenters. The summed E-state index contributed by atoms with van der Waals surface area (Å²) < 4.78 is 41.9. The molecule has 0 bridgehead atoms. The van der Waals surface area contributed by atoms with Crippen molar-refractivity contribution in [3.63, 3.8) is 0 Å². The molecule has 1 aromatic rings. The Morgan fingerprint density at radius 3 is 2.37 bits per heavy atom. The van der Waals surface area contributed by atoms with E-state index < -0.39 is 51.4 Å². The smallest absolute Gasteiger partial charge is 0.411 e. The lowest BCUT2D eigenvalue weighted by Crippen LogP contribution is -2.53. The van der Waals surface area contributed by atoms with Gasteiger partial charge in [-0.1, -0.05) is 22.0 Å². The van der Waals surface area contributed by atoms with Crippen LogP contribution in [0.2, 0.25) is 0 Å². The number of methoxy groups -OCH3 is 1. The monoisotopic (exact) mass is 572 g/mol. The van der Waals surface area contributed by atoms with Crippen molar-refractivity contribution >= 4 is 44.0 Å². The number of esters is 1. The van der Waals surface area contributed by atoms with Crippen LogP contribution in [-0.4, -0.2) is 68.2 Å². The van der Waals surface area contributed by atoms with Crippen LogP contribution in [0, 0.1) is 5.92 Å². The third-order valence-electron chi connectivity index (χ3n) is 5.75. The second kappa shape index (κ2) is 9.90. The summed E-state index contributed by atoms with van der Waals surface area (Å²) in [5, 5.41) is 2.69. The third kappa shape index (κ3) is 6.04. The minimum atomic E-state index is -4.17. The van der Waals surface area contributed by atoms with E-state index in [1.807, 2.05) is 0 Å². The van der Waals surface area contributed by atoms with Crippen molar-refractivity contribution in [2.24, 2.45) is 5.92 Å². The first-order chi connectivity index (χ1) is 16.2. The molecule has 1 heterocycles. The standard InChI is InChI=1S/C23H29BrN2O8S/c1-6-14-12-23(14,20(28)32-5)25-19(27)18-11-16(13-26(18)21(29)33-22(2,3)4)34-35(30,31)17-9-7-15(24)8-10-17/h6-10,14,16,18H,1,11-13H2,2-5H3,(H,25,27)/t14-,16+,18?,23-/m1/s1. The Kier molecular flexibility index (Phi) is 7.68. The summed E-state index contributed by atoms with van der Waals surface area (Å²) in [7, 11) is -2.95. The van der Waals surface area contributed by atoms with E-state index in [4.69, 9.17) is 13.7 Å². The number of nitrogens with one attached hydrogen (secondary N) is 1. The zero-order valence-corrected chi connectivity index (χ0v) is 22.3. The normalized spacial score (nSPS) is 26.1. The van der Waals surface area contributed by atoms with Crippen LogP contribution >= 0.6 is 15.9 Å². The van der Waals surface area contributed by atoms with Gasteiger partial charge in [0.25, 0.3) is 10.1 Å². The van der Waals surface area contributed by atoms with Gasteiger partial charge in [0.1, 0.15) is 17.2 Å². The molecule has 2 amide bonds. The van der Waals surface area contributed by atoms with Crippen LogP contribution in [0.25, 0.3) is 0 Å². The largest absolute Gasteiger partial charge is 0.467 e. The zero-order chi connectivity index (χ0) is 26.2. The number of hydrogen-bond donors (Lipinski definition) is 1. The summed E-state index contributed by atoms with van der Waals surface area (Å²) in [6.07, 6.45) is -0.0554. The molecule has 192 valence electrons. The number of likely N-dealkylation sites (tertiary alicyclic amines) is 1. The number of carbonyl (C=O) groups is 3. The van der Waals surface area contributed by atoms with Crippen LogP contribution in [0.3, 0.4) is 0 Å². The molecule has 1 N–H and O–H groups in total. The van der Waals surface area contributed by atoms with Gasteiger partial charge in [-0.05, 0) is 51.5 Å². The Labute approximate surface area is 213 Å². The van der Waals surface area contributed by atoms with Crippen LogP contribution in [0.5, 0.6) is 0 Å². The molecular formula is C23H29BrN2O8S. The molecule has 3 rings (SSSR count). The average molecular weight is 573 g/mol. The van der Waals surface area contributed by atoms with E-state index in [0.717, 1.165) is 4.90 Å². The average Bonchev–Trinajstić information content (AvgIpc) is 3.31. The second-order valence-electron chi connectivity index (χ2n) is 9.51. The van der Waals surface area contributed by atoms with Crippen LogP contribution < -0.4 is 5.32 Å². The van der Waals surface area contributed by atoms with Gasteiger partial charge in [0.05, 0.1) is 24.7 Å². The number of carbonyl (C=O) groups excluding carboxylic acids is 3. The summed E-state index contributed by atoms with van der Waals surface area (Å²) in [5.74, 6) is -1.58. The lowest BCUT2D eigenvalue weighted by Gasteiger charge is -2.28. The predicted molar refractivity (Wildman–Crippen MR) is 129 cm³/mol. The SMILES string of the molecule is C=C[C@@H]1C[C@]1(NC(=O)C1C[C@H](OS(=O)(=O)c2ccc(Br)cc2)CN1C(=O)OC(C)(C)C)C(=O)OC. The molecule has 1 unspecified atom stereocenters. The van der Waals surface area contributed by atoms with Crippen molar-refractivity contribution in [2.75, 3.05) is 13.7 Å². The fourth-order valence-electron chi connectivity index (χ4n) is 3.96. The predicted octanol–water partition coefficient (Wildman–Crippen LogP) is 2.77. The Morgan fingerprint density at radius 1 is 1.23 bits per heavy atom. The van der Waals surface area contributed by atoms with E-state index in [1.54, 1.807) is 39.0 Å². The van der Waals surface area contributed by atoms with Crippen LogP contribution in [0.4, 0.5) is 4.79 Å². The van der Waals surface area contributed by atoms with E-state index >= 15 is 0 Å². The maximum Gasteiger partial charge on any atom is 0.411 e. The molecule has 0 aromatic heterocycles. The third-order valence-corrected chi connectivity index (χ3v) is 7.66. The summed E-state index contributed by atoms with van der Waals surface area (Å²) >= 11 is 3.25. The van der Waals surface area contributed by atoms with E-state index in [-0.39, 0.29) is 23.8 Å². The highest BCUT2D eigenvalue weighted by atomic mass is 79.9. The topological polar surface area (TPSA) is 128 Å². The van der Waals surface area contributed by atoms with Gasteiger partial charge in [0.2, 0.25) is 5.91 Å². The van der Waals surface area contributed by atoms with Crippen LogP contribution in [-0.2, 0) is 33.4 Å². The highest BCUT2D eigenvalue weighted by Crippen LogP contribution is 2.45. The van der Waals surface area contributed by atoms with Gasteiger partial charge in [-0.15, -0.1) is 6.58 Å². The first-order valence-electron chi connectivity index (χ1n) is 10.9. The second-order valence-corrected chi connectivity index (χ2v) is 12.0. The minimum Gasteiger partial charge on any atom is -0.467 e. The number of halogens is 1. The van der Waals surface area contributed by atoms with E-state index in [1.165, 1.54) is 19.2 Å². The molecule has 12 heteroatoms. The van der Waals surface area contributed by atoms with Crippen LogP contribution in [0.1, 0.15) is 33.6 Å². The lowest BCUT2D eigenvalue weighted by atomic mass is 10.1. The Bertz CT molecular complexity index is 1120. The van der Waals surface area contributed by atoms with Gasteiger partial charge in [-0.2, -0.15) is 8.42 Å². The highest BCUT2D eigenvalue weighted by Gasteiger charge is 2.62. The fourth-order valence-corrected chi connectivity index (χ4v) is 5.30. The summed E-state index contributed by atoms with van der Waals surface area (Å²) in [4.78, 5) is 39.6. The Hall–Kier alpha value is -2.44. The molecule has 1 aliphatic heterocycles. The first kappa shape index (κ1) is 27.2. The first-order valence-corrected chi connectivity index (χ1v) is 13.1. The summed E-state index contributed by atoms with van der Waals surface area (Å²) in [6.45, 7) is 8.50. The highest BCUT2D eigenvalue weighted by molar-refractivity contribution is 9.10. The molecule has 0 radical (unpaired) electrons. The van der Waals surface area contributed by atoms with E-state index in [2.05, 4.69) is 27.8 Å². The molecule has 1 aliphatic carbocycles. The number of ether oxygens (including phenoxy) is 2. The molecule has 2 aliphatic rings. The molecule has 10 nitrogen and oxygen atoms in total. The fraction of sp³-hybridized carbons (Fsp3) is 0.522. The lowest BCUT2D eigenvalue weighted by molar-refractivity contribution is -0.147. The molecule has 1 saturated heterocycles. The van der Waals surface area contributed by atoms with Gasteiger partial charge >= 0.3 is 12.1 Å². The van der Waals surface area contributed by atoms with E-state index in [9.17, 15) is 22.8 Å². The van der Waals surface area contributed by atoms with Crippen molar-refractivity contribution in [2.45, 2.75) is 61.8 Å². The number of hydrogen-bond acceptors (Lipinski definition) is 8. The number of amides is 2. The van der Waals surface area contributed by atoms with E-state index in [0.29, 0.717) is 10.9 Å². The van der Waals surface area contributed by atoms with Crippen molar-refractivity contribution in [1.82, 2.24) is 10.2 Å². The molecule has 1 saturated carbocycles. The molecule has 1 aromatic carbocycles. The summed E-state index contributed by atoms with van der Waals surface area (Å²) in [6, 6.07) is 4.76. The van der Waals surface area contributed by atoms with Crippen molar-refractivity contribution in [3.8, 4) is 0 Å². The molecular weight excluding hydrogens is 544 g/mol. The van der Waals surface area contributed by atoms with Crippen molar-refractivity contribution < 1.29 is 36.5 Å². The van der Waals surface area contributed by atoms with Crippen LogP contribution in [0.15, 0.2) is 46.3 Å². The zero-order valence-electron chi connectivity index (χ0n) is 19.9. The van der Waals surface area contributed by atoms with Crippen molar-refractivity contribution in [1.29, 1.82) is 0 Å². The summed E-state index contributed by atoms with van der Waals surface area (Å²) in [5.41, 5.74) is -2.12. The maximum atomic E-state index is 13.3. The quantitative estimate of drug-likeness (QED) is 0.300.